The van der Waals surface area contributed by atoms with E-state index in [9.17, 15) is 10.1 Å². The van der Waals surface area contributed by atoms with Crippen LogP contribution in [0.3, 0.4) is 0 Å². The van der Waals surface area contributed by atoms with Gasteiger partial charge in [-0.05, 0) is 52.3 Å². The van der Waals surface area contributed by atoms with Gasteiger partial charge in [0.2, 0.25) is 0 Å². The molecule has 2 bridgehead atoms. The van der Waals surface area contributed by atoms with Crippen LogP contribution in [0.4, 0.5) is 4.79 Å². The Hall–Kier alpha value is -2.72. The van der Waals surface area contributed by atoms with E-state index in [2.05, 4.69) is 15.5 Å². The van der Waals surface area contributed by atoms with Gasteiger partial charge >= 0.3 is 6.09 Å². The molecule has 1 aromatic heterocycles. The van der Waals surface area contributed by atoms with Gasteiger partial charge in [0.1, 0.15) is 23.1 Å². The number of nitrogens with zero attached hydrogens (tertiary/aromatic N) is 4. The van der Waals surface area contributed by atoms with Crippen LogP contribution in [0.5, 0.6) is 5.75 Å². The number of benzene rings is 1. The smallest absolute Gasteiger partial charge is 0.410 e. The van der Waals surface area contributed by atoms with Crippen LogP contribution in [0, 0.1) is 18.3 Å². The highest BCUT2D eigenvalue weighted by Crippen LogP contribution is 2.33. The normalized spacial score (nSPS) is 21.3. The average molecular weight is 411 g/mol. The van der Waals surface area contributed by atoms with E-state index in [1.54, 1.807) is 7.11 Å². The first kappa shape index (κ1) is 20.5. The number of fused-ring (bicyclic) bond motifs is 3. The van der Waals surface area contributed by atoms with Gasteiger partial charge in [0, 0.05) is 54.7 Å². The first-order chi connectivity index (χ1) is 14.2. The maximum absolute atomic E-state index is 12.5. The van der Waals surface area contributed by atoms with Gasteiger partial charge in [0.05, 0.1) is 7.11 Å². The molecule has 2 fully saturated rings. The summed E-state index contributed by atoms with van der Waals surface area (Å²) >= 11 is 0. The summed E-state index contributed by atoms with van der Waals surface area (Å²) in [6.07, 6.45) is 0.787. The lowest BCUT2D eigenvalue weighted by atomic mass is 10.1. The first-order valence-corrected chi connectivity index (χ1v) is 10.5. The molecule has 3 heterocycles. The molecule has 7 heteroatoms. The van der Waals surface area contributed by atoms with E-state index < -0.39 is 5.60 Å². The van der Waals surface area contributed by atoms with Crippen LogP contribution in [0.1, 0.15) is 38.4 Å². The maximum Gasteiger partial charge on any atom is 0.410 e. The molecule has 2 atom stereocenters. The number of ether oxygens (including phenoxy) is 2. The average Bonchev–Trinajstić information content (AvgIpc) is 3.37. The highest BCUT2D eigenvalue weighted by molar-refractivity contribution is 5.87. The zero-order valence-corrected chi connectivity index (χ0v) is 18.4. The van der Waals surface area contributed by atoms with Gasteiger partial charge in [-0.3, -0.25) is 4.90 Å². The molecule has 2 aliphatic heterocycles. The first-order valence-electron chi connectivity index (χ1n) is 10.5. The molecular formula is C23H30N4O3. The number of hydrogen-bond donors (Lipinski definition) is 0. The molecular weight excluding hydrogens is 380 g/mol. The highest BCUT2D eigenvalue weighted by Gasteiger charge is 2.46. The second kappa shape index (κ2) is 7.51. The fourth-order valence-corrected chi connectivity index (χ4v) is 4.81. The zero-order chi connectivity index (χ0) is 21.6. The van der Waals surface area contributed by atoms with Crippen molar-refractivity contribution in [3.63, 3.8) is 0 Å². The van der Waals surface area contributed by atoms with Crippen LogP contribution in [0.25, 0.3) is 10.9 Å². The minimum Gasteiger partial charge on any atom is -0.496 e. The summed E-state index contributed by atoms with van der Waals surface area (Å²) in [5.41, 5.74) is 2.31. The van der Waals surface area contributed by atoms with Crippen molar-refractivity contribution >= 4 is 17.0 Å². The number of carbonyl (C=O) groups excluding carboxylic acids is 1. The summed E-state index contributed by atoms with van der Waals surface area (Å²) < 4.78 is 13.1. The third-order valence-electron chi connectivity index (χ3n) is 6.23. The minimum absolute atomic E-state index is 0.206. The van der Waals surface area contributed by atoms with Crippen LogP contribution >= 0.6 is 0 Å². The second-order valence-corrected chi connectivity index (χ2v) is 9.29. The SMILES string of the molecule is COc1ccc2c(cc(C#N)n2CCN2CC3CC2CN3C(=O)OC(C)(C)C)c1C. The largest absolute Gasteiger partial charge is 0.496 e. The number of rotatable bonds is 4. The lowest BCUT2D eigenvalue weighted by Crippen LogP contribution is -2.50. The Morgan fingerprint density at radius 2 is 2.00 bits per heavy atom. The van der Waals surface area contributed by atoms with Crippen molar-refractivity contribution in [1.82, 2.24) is 14.4 Å². The van der Waals surface area contributed by atoms with Gasteiger partial charge in [-0.2, -0.15) is 5.26 Å². The number of nitriles is 1. The van der Waals surface area contributed by atoms with Gasteiger partial charge in [0.15, 0.2) is 0 Å². The Balaban J connectivity index is 1.45. The van der Waals surface area contributed by atoms with Crippen molar-refractivity contribution in [3.8, 4) is 11.8 Å². The van der Waals surface area contributed by atoms with Crippen LogP contribution in [0.2, 0.25) is 0 Å². The van der Waals surface area contributed by atoms with Crippen LogP contribution in [-0.2, 0) is 11.3 Å². The number of piperazine rings is 1. The quantitative estimate of drug-likeness (QED) is 0.771. The topological polar surface area (TPSA) is 70.7 Å². The minimum atomic E-state index is -0.470. The van der Waals surface area contributed by atoms with Gasteiger partial charge in [-0.25, -0.2) is 4.79 Å². The fraction of sp³-hybridized carbons (Fsp3) is 0.565. The highest BCUT2D eigenvalue weighted by atomic mass is 16.6. The molecule has 2 unspecified atom stereocenters. The number of aromatic nitrogens is 1. The van der Waals surface area contributed by atoms with E-state index in [0.29, 0.717) is 18.3 Å². The summed E-state index contributed by atoms with van der Waals surface area (Å²) in [7, 11) is 1.67. The van der Waals surface area contributed by atoms with E-state index in [4.69, 9.17) is 9.47 Å². The fourth-order valence-electron chi connectivity index (χ4n) is 4.81. The van der Waals surface area contributed by atoms with Crippen molar-refractivity contribution in [2.45, 2.75) is 58.3 Å². The summed E-state index contributed by atoms with van der Waals surface area (Å²) in [6.45, 7) is 10.9. The lowest BCUT2D eigenvalue weighted by molar-refractivity contribution is 0.0128. The Bertz CT molecular complexity index is 1010. The molecule has 4 rings (SSSR count). The van der Waals surface area contributed by atoms with Gasteiger partial charge in [0.25, 0.3) is 0 Å². The second-order valence-electron chi connectivity index (χ2n) is 9.29. The molecule has 1 amide bonds. The third kappa shape index (κ3) is 3.61. The summed E-state index contributed by atoms with van der Waals surface area (Å²) in [4.78, 5) is 16.8. The van der Waals surface area contributed by atoms with E-state index in [1.807, 2.05) is 50.8 Å². The molecule has 1 aromatic carbocycles. The number of likely N-dealkylation sites (tertiary alicyclic amines) is 2. The Labute approximate surface area is 177 Å². The lowest BCUT2D eigenvalue weighted by Gasteiger charge is -2.35. The molecule has 2 aliphatic rings. The molecule has 0 aliphatic carbocycles. The van der Waals surface area contributed by atoms with Gasteiger partial charge < -0.3 is 18.9 Å². The van der Waals surface area contributed by atoms with Gasteiger partial charge in [-0.1, -0.05) is 0 Å². The zero-order valence-electron chi connectivity index (χ0n) is 18.4. The molecule has 160 valence electrons. The van der Waals surface area contributed by atoms with E-state index in [0.717, 1.165) is 48.3 Å². The van der Waals surface area contributed by atoms with Crippen LogP contribution < -0.4 is 4.74 Å². The van der Waals surface area contributed by atoms with Gasteiger partial charge in [-0.15, -0.1) is 0 Å². The van der Waals surface area contributed by atoms with Crippen molar-refractivity contribution in [1.29, 1.82) is 5.26 Å². The van der Waals surface area contributed by atoms with Crippen LogP contribution in [0.15, 0.2) is 18.2 Å². The molecule has 7 nitrogen and oxygen atoms in total. The van der Waals surface area contributed by atoms with Crippen molar-refractivity contribution in [3.05, 3.63) is 29.5 Å². The number of carbonyl (C=O) groups is 1. The summed E-state index contributed by atoms with van der Waals surface area (Å²) in [5, 5.41) is 10.7. The van der Waals surface area contributed by atoms with Crippen LogP contribution in [-0.4, -0.2) is 64.9 Å². The van der Waals surface area contributed by atoms with Crippen molar-refractivity contribution in [2.75, 3.05) is 26.7 Å². The molecule has 30 heavy (non-hydrogen) atoms. The predicted octanol–water partition coefficient (Wildman–Crippen LogP) is 3.52. The monoisotopic (exact) mass is 410 g/mol. The molecule has 2 aromatic rings. The summed E-state index contributed by atoms with van der Waals surface area (Å²) in [5.74, 6) is 0.836. The van der Waals surface area contributed by atoms with Crippen molar-refractivity contribution < 1.29 is 14.3 Å². The standard InChI is InChI=1S/C23H30N4O3/c1-15-19-11-16(12-24)26(20(19)6-7-21(15)29-5)9-8-25-13-18-10-17(25)14-27(18)22(28)30-23(2,3)4/h6-7,11,17-18H,8-10,13-14H2,1-5H3. The number of amides is 1. The molecule has 0 saturated carbocycles. The Morgan fingerprint density at radius 3 is 2.60 bits per heavy atom. The molecule has 0 radical (unpaired) electrons. The number of hydrogen-bond acceptors (Lipinski definition) is 5. The van der Waals surface area contributed by atoms with E-state index in [1.165, 1.54) is 0 Å². The molecule has 0 spiro atoms. The Kier molecular flexibility index (Phi) is 5.15. The molecule has 0 N–H and O–H groups in total. The maximum atomic E-state index is 12.5. The predicted molar refractivity (Wildman–Crippen MR) is 115 cm³/mol. The van der Waals surface area contributed by atoms with E-state index >= 15 is 0 Å². The molecule has 2 saturated heterocycles. The van der Waals surface area contributed by atoms with E-state index in [-0.39, 0.29) is 12.1 Å². The number of methoxy groups -OCH3 is 1. The summed E-state index contributed by atoms with van der Waals surface area (Å²) in [6, 6.07) is 8.86. The third-order valence-corrected chi connectivity index (χ3v) is 6.23. The van der Waals surface area contributed by atoms with Crippen molar-refractivity contribution in [2.24, 2.45) is 0 Å². The number of aryl methyl sites for hydroxylation is 1. The Morgan fingerprint density at radius 1 is 1.23 bits per heavy atom.